The number of hydrogen-bond donors (Lipinski definition) is 2. The zero-order chi connectivity index (χ0) is 12.3. The number of nitrogens with zero attached hydrogens (tertiary/aromatic N) is 1. The molecule has 3 nitrogen and oxygen atoms in total. The summed E-state index contributed by atoms with van der Waals surface area (Å²) in [6.45, 7) is 0.475. The molecule has 1 fully saturated rings. The van der Waals surface area contributed by atoms with Gasteiger partial charge in [-0.1, -0.05) is 6.07 Å². The Hall–Kier alpha value is -1.44. The largest absolute Gasteiger partial charge is 0.394 e. The first kappa shape index (κ1) is 12.0. The predicted octanol–water partition coefficient (Wildman–Crippen LogP) is 1.70. The molecular formula is C13H15FN2O. The minimum atomic E-state index is -0.371. The minimum absolute atomic E-state index is 0.0882. The van der Waals surface area contributed by atoms with Crippen LogP contribution in [0.4, 0.5) is 4.39 Å². The Morgan fingerprint density at radius 1 is 1.47 bits per heavy atom. The predicted molar refractivity (Wildman–Crippen MR) is 61.6 cm³/mol. The summed E-state index contributed by atoms with van der Waals surface area (Å²) in [6, 6.07) is 6.36. The second-order valence-corrected chi connectivity index (χ2v) is 4.56. The zero-order valence-corrected chi connectivity index (χ0v) is 9.54. The highest BCUT2D eigenvalue weighted by Gasteiger charge is 2.35. The van der Waals surface area contributed by atoms with E-state index in [0.29, 0.717) is 17.7 Å². The summed E-state index contributed by atoms with van der Waals surface area (Å²) in [6.07, 6.45) is 2.96. The summed E-state index contributed by atoms with van der Waals surface area (Å²) in [5.74, 6) is -0.371. The molecular weight excluding hydrogens is 219 g/mol. The molecule has 0 atom stereocenters. The van der Waals surface area contributed by atoms with E-state index in [-0.39, 0.29) is 18.0 Å². The average molecular weight is 234 g/mol. The van der Waals surface area contributed by atoms with Crippen molar-refractivity contribution in [1.29, 1.82) is 5.26 Å². The number of halogens is 1. The molecule has 1 aliphatic carbocycles. The molecule has 1 aliphatic rings. The van der Waals surface area contributed by atoms with E-state index in [1.165, 1.54) is 6.07 Å². The molecule has 0 amide bonds. The Morgan fingerprint density at radius 2 is 2.24 bits per heavy atom. The van der Waals surface area contributed by atoms with Crippen LogP contribution in [0.5, 0.6) is 0 Å². The van der Waals surface area contributed by atoms with Crippen LogP contribution in [0.2, 0.25) is 0 Å². The molecule has 1 saturated carbocycles. The number of benzene rings is 1. The quantitative estimate of drug-likeness (QED) is 0.833. The Labute approximate surface area is 99.9 Å². The smallest absolute Gasteiger partial charge is 0.129 e. The molecule has 0 saturated heterocycles. The number of aliphatic hydroxyl groups excluding tert-OH is 1. The number of nitrogens with one attached hydrogen (secondary N) is 1. The highest BCUT2D eigenvalue weighted by molar-refractivity contribution is 5.32. The van der Waals surface area contributed by atoms with E-state index >= 15 is 0 Å². The summed E-state index contributed by atoms with van der Waals surface area (Å²) in [4.78, 5) is 0. The van der Waals surface area contributed by atoms with Gasteiger partial charge in [-0.25, -0.2) is 4.39 Å². The molecule has 0 aromatic heterocycles. The van der Waals surface area contributed by atoms with Crippen molar-refractivity contribution in [2.24, 2.45) is 0 Å². The molecule has 0 radical (unpaired) electrons. The van der Waals surface area contributed by atoms with E-state index in [0.717, 1.165) is 19.3 Å². The van der Waals surface area contributed by atoms with Crippen LogP contribution in [0, 0.1) is 17.1 Å². The second-order valence-electron chi connectivity index (χ2n) is 4.56. The van der Waals surface area contributed by atoms with Gasteiger partial charge in [0.15, 0.2) is 0 Å². The minimum Gasteiger partial charge on any atom is -0.394 e. The van der Waals surface area contributed by atoms with Crippen molar-refractivity contribution in [3.05, 3.63) is 35.1 Å². The fraction of sp³-hybridized carbons (Fsp3) is 0.462. The summed E-state index contributed by atoms with van der Waals surface area (Å²) in [7, 11) is 0. The number of rotatable bonds is 4. The lowest BCUT2D eigenvalue weighted by Crippen LogP contribution is -2.53. The van der Waals surface area contributed by atoms with Crippen LogP contribution in [0.1, 0.15) is 30.4 Å². The van der Waals surface area contributed by atoms with Crippen molar-refractivity contribution < 1.29 is 9.50 Å². The average Bonchev–Trinajstić information content (AvgIpc) is 2.30. The molecule has 2 N–H and O–H groups in total. The summed E-state index contributed by atoms with van der Waals surface area (Å²) in [5, 5.41) is 21.1. The maximum Gasteiger partial charge on any atom is 0.129 e. The molecule has 0 unspecified atom stereocenters. The first-order valence-corrected chi connectivity index (χ1v) is 5.73. The van der Waals surface area contributed by atoms with Crippen molar-refractivity contribution in [2.75, 3.05) is 6.61 Å². The van der Waals surface area contributed by atoms with Crippen molar-refractivity contribution in [2.45, 2.75) is 31.3 Å². The van der Waals surface area contributed by atoms with E-state index in [1.54, 1.807) is 12.1 Å². The Bertz CT molecular complexity index is 444. The van der Waals surface area contributed by atoms with Gasteiger partial charge in [0.25, 0.3) is 0 Å². The fourth-order valence-corrected chi connectivity index (χ4v) is 2.04. The van der Waals surface area contributed by atoms with Gasteiger partial charge in [0.05, 0.1) is 18.2 Å². The highest BCUT2D eigenvalue weighted by atomic mass is 19.1. The molecule has 2 rings (SSSR count). The van der Waals surface area contributed by atoms with Crippen LogP contribution in [0.15, 0.2) is 18.2 Å². The van der Waals surface area contributed by atoms with Crippen LogP contribution in [-0.2, 0) is 6.54 Å². The van der Waals surface area contributed by atoms with Crippen LogP contribution < -0.4 is 5.32 Å². The van der Waals surface area contributed by atoms with Crippen molar-refractivity contribution in [1.82, 2.24) is 5.32 Å². The Kier molecular flexibility index (Phi) is 3.41. The van der Waals surface area contributed by atoms with Gasteiger partial charge in [0, 0.05) is 17.6 Å². The Balaban J connectivity index is 2.02. The molecule has 4 heteroatoms. The van der Waals surface area contributed by atoms with Gasteiger partial charge < -0.3 is 10.4 Å². The SMILES string of the molecule is N#Cc1ccc(CNC2(CO)CCC2)c(F)c1. The summed E-state index contributed by atoms with van der Waals surface area (Å²) in [5.41, 5.74) is 0.635. The fourth-order valence-electron chi connectivity index (χ4n) is 2.04. The third-order valence-electron chi connectivity index (χ3n) is 3.45. The summed E-state index contributed by atoms with van der Waals surface area (Å²) < 4.78 is 13.6. The lowest BCUT2D eigenvalue weighted by Gasteiger charge is -2.41. The van der Waals surface area contributed by atoms with E-state index in [9.17, 15) is 9.50 Å². The van der Waals surface area contributed by atoms with Gasteiger partial charge in [0.2, 0.25) is 0 Å². The number of aliphatic hydroxyl groups is 1. The molecule has 90 valence electrons. The third kappa shape index (κ3) is 2.46. The van der Waals surface area contributed by atoms with Crippen molar-refractivity contribution >= 4 is 0 Å². The molecule has 0 spiro atoms. The number of hydrogen-bond acceptors (Lipinski definition) is 3. The topological polar surface area (TPSA) is 56.0 Å². The first-order valence-electron chi connectivity index (χ1n) is 5.73. The molecule has 0 heterocycles. The molecule has 0 aliphatic heterocycles. The zero-order valence-electron chi connectivity index (χ0n) is 9.54. The van der Waals surface area contributed by atoms with Crippen LogP contribution in [0.3, 0.4) is 0 Å². The highest BCUT2D eigenvalue weighted by Crippen LogP contribution is 2.31. The second kappa shape index (κ2) is 4.82. The molecule has 17 heavy (non-hydrogen) atoms. The van der Waals surface area contributed by atoms with E-state index in [1.807, 2.05) is 6.07 Å². The van der Waals surface area contributed by atoms with Gasteiger partial charge in [-0.3, -0.25) is 0 Å². The first-order chi connectivity index (χ1) is 8.19. The molecule has 1 aromatic rings. The van der Waals surface area contributed by atoms with Crippen LogP contribution in [-0.4, -0.2) is 17.3 Å². The van der Waals surface area contributed by atoms with Crippen LogP contribution in [0.25, 0.3) is 0 Å². The van der Waals surface area contributed by atoms with Crippen molar-refractivity contribution in [3.63, 3.8) is 0 Å². The number of nitriles is 1. The third-order valence-corrected chi connectivity index (χ3v) is 3.45. The van der Waals surface area contributed by atoms with E-state index < -0.39 is 0 Å². The van der Waals surface area contributed by atoms with E-state index in [4.69, 9.17) is 5.26 Å². The van der Waals surface area contributed by atoms with Gasteiger partial charge in [-0.15, -0.1) is 0 Å². The maximum absolute atomic E-state index is 13.6. The lowest BCUT2D eigenvalue weighted by atomic mass is 9.77. The normalized spacial score (nSPS) is 17.2. The van der Waals surface area contributed by atoms with Crippen LogP contribution >= 0.6 is 0 Å². The van der Waals surface area contributed by atoms with Gasteiger partial charge in [-0.2, -0.15) is 5.26 Å². The van der Waals surface area contributed by atoms with Gasteiger partial charge in [-0.05, 0) is 31.4 Å². The van der Waals surface area contributed by atoms with E-state index in [2.05, 4.69) is 5.32 Å². The standard InChI is InChI=1S/C13H15FN2O/c14-12-6-10(7-15)2-3-11(12)8-16-13(9-17)4-1-5-13/h2-3,6,16-17H,1,4-5,8-9H2. The van der Waals surface area contributed by atoms with Gasteiger partial charge in [0.1, 0.15) is 5.82 Å². The Morgan fingerprint density at radius 3 is 2.71 bits per heavy atom. The maximum atomic E-state index is 13.6. The van der Waals surface area contributed by atoms with Crippen molar-refractivity contribution in [3.8, 4) is 6.07 Å². The van der Waals surface area contributed by atoms with Gasteiger partial charge >= 0.3 is 0 Å². The summed E-state index contributed by atoms with van der Waals surface area (Å²) >= 11 is 0. The lowest BCUT2D eigenvalue weighted by molar-refractivity contribution is 0.0869. The monoisotopic (exact) mass is 234 g/mol. The molecule has 0 bridgehead atoms. The molecule has 1 aromatic carbocycles.